The highest BCUT2D eigenvalue weighted by molar-refractivity contribution is 5.24. The molecule has 1 aromatic rings. The number of benzene rings is 1. The largest absolute Gasteiger partial charge is 0.389 e. The van der Waals surface area contributed by atoms with Gasteiger partial charge in [-0.1, -0.05) is 43.7 Å². The summed E-state index contributed by atoms with van der Waals surface area (Å²) < 4.78 is 5.42. The van der Waals surface area contributed by atoms with Gasteiger partial charge in [-0.2, -0.15) is 0 Å². The topological polar surface area (TPSA) is 41.5 Å². The van der Waals surface area contributed by atoms with Crippen LogP contribution in [0.3, 0.4) is 0 Å². The Morgan fingerprint density at radius 3 is 2.58 bits per heavy atom. The summed E-state index contributed by atoms with van der Waals surface area (Å²) in [6, 6.07) is 8.65. The van der Waals surface area contributed by atoms with Gasteiger partial charge in [-0.05, 0) is 25.3 Å². The summed E-state index contributed by atoms with van der Waals surface area (Å²) >= 11 is 0. The lowest BCUT2D eigenvalue weighted by Crippen LogP contribution is -2.32. The molecule has 0 radical (unpaired) electrons. The average molecular weight is 265 g/mol. The zero-order valence-corrected chi connectivity index (χ0v) is 12.5. The van der Waals surface area contributed by atoms with Crippen LogP contribution in [0.4, 0.5) is 0 Å². The summed E-state index contributed by atoms with van der Waals surface area (Å²) in [7, 11) is 0. The molecule has 108 valence electrons. The number of aliphatic hydroxyl groups is 1. The van der Waals surface area contributed by atoms with Crippen molar-refractivity contribution in [2.75, 3.05) is 19.8 Å². The van der Waals surface area contributed by atoms with Gasteiger partial charge in [-0.15, -0.1) is 0 Å². The molecule has 0 fully saturated rings. The van der Waals surface area contributed by atoms with E-state index in [0.29, 0.717) is 25.7 Å². The van der Waals surface area contributed by atoms with Crippen LogP contribution in [0, 0.1) is 12.8 Å². The average Bonchev–Trinajstić information content (AvgIpc) is 2.35. The molecular weight excluding hydrogens is 238 g/mol. The van der Waals surface area contributed by atoms with Gasteiger partial charge in [0.15, 0.2) is 0 Å². The van der Waals surface area contributed by atoms with E-state index in [1.807, 2.05) is 0 Å². The van der Waals surface area contributed by atoms with E-state index in [1.54, 1.807) is 0 Å². The highest BCUT2D eigenvalue weighted by atomic mass is 16.5. The zero-order chi connectivity index (χ0) is 14.3. The maximum absolute atomic E-state index is 9.82. The molecule has 2 unspecified atom stereocenters. The number of nitrogens with one attached hydrogen (secondary N) is 1. The minimum absolute atomic E-state index is 0.236. The molecule has 2 N–H and O–H groups in total. The van der Waals surface area contributed by atoms with Crippen molar-refractivity contribution in [1.29, 1.82) is 0 Å². The fourth-order valence-corrected chi connectivity index (χ4v) is 1.87. The lowest BCUT2D eigenvalue weighted by Gasteiger charge is -2.18. The van der Waals surface area contributed by atoms with Gasteiger partial charge in [0.25, 0.3) is 0 Å². The third-order valence-corrected chi connectivity index (χ3v) is 2.96. The van der Waals surface area contributed by atoms with Crippen molar-refractivity contribution in [1.82, 2.24) is 5.32 Å². The van der Waals surface area contributed by atoms with Crippen molar-refractivity contribution in [3.8, 4) is 0 Å². The molecule has 0 spiro atoms. The van der Waals surface area contributed by atoms with Crippen LogP contribution in [0.1, 0.15) is 37.9 Å². The van der Waals surface area contributed by atoms with Crippen LogP contribution >= 0.6 is 0 Å². The normalized spacial score (nSPS) is 14.6. The first kappa shape index (κ1) is 16.2. The Balaban J connectivity index is 2.27. The number of rotatable bonds is 8. The molecule has 2 atom stereocenters. The predicted molar refractivity (Wildman–Crippen MR) is 79.3 cm³/mol. The summed E-state index contributed by atoms with van der Waals surface area (Å²) in [5.74, 6) is 0.506. The minimum Gasteiger partial charge on any atom is -0.389 e. The molecule has 0 aliphatic rings. The van der Waals surface area contributed by atoms with Crippen LogP contribution in [0.25, 0.3) is 0 Å². The van der Waals surface area contributed by atoms with Gasteiger partial charge in [-0.3, -0.25) is 0 Å². The molecule has 3 nitrogen and oxygen atoms in total. The second kappa shape index (κ2) is 8.31. The van der Waals surface area contributed by atoms with E-state index in [-0.39, 0.29) is 6.04 Å². The first-order valence-corrected chi connectivity index (χ1v) is 7.04. The Bertz CT molecular complexity index is 366. The molecule has 3 heteroatoms. The van der Waals surface area contributed by atoms with Crippen molar-refractivity contribution < 1.29 is 9.84 Å². The van der Waals surface area contributed by atoms with Gasteiger partial charge in [-0.25, -0.2) is 0 Å². The Kier molecular flexibility index (Phi) is 7.06. The second-order valence-corrected chi connectivity index (χ2v) is 5.63. The van der Waals surface area contributed by atoms with Crippen LogP contribution in [0.2, 0.25) is 0 Å². The molecule has 1 aromatic carbocycles. The fraction of sp³-hybridized carbons (Fsp3) is 0.625. The predicted octanol–water partition coefficient (Wildman–Crippen LogP) is 2.68. The number of aliphatic hydroxyl groups excluding tert-OH is 1. The molecule has 0 aliphatic carbocycles. The summed E-state index contributed by atoms with van der Waals surface area (Å²) in [4.78, 5) is 0. The first-order valence-electron chi connectivity index (χ1n) is 7.04. The molecule has 0 aliphatic heterocycles. The number of ether oxygens (including phenoxy) is 1. The van der Waals surface area contributed by atoms with Gasteiger partial charge in [0.2, 0.25) is 0 Å². The van der Waals surface area contributed by atoms with Crippen molar-refractivity contribution in [2.45, 2.75) is 39.8 Å². The fourth-order valence-electron chi connectivity index (χ4n) is 1.87. The number of hydrogen-bond acceptors (Lipinski definition) is 3. The Morgan fingerprint density at radius 2 is 1.95 bits per heavy atom. The van der Waals surface area contributed by atoms with Gasteiger partial charge in [0.05, 0.1) is 12.7 Å². The summed E-state index contributed by atoms with van der Waals surface area (Å²) in [6.07, 6.45) is -0.453. The van der Waals surface area contributed by atoms with Crippen LogP contribution in [-0.4, -0.2) is 31.0 Å². The number of aryl methyl sites for hydroxylation is 1. The lowest BCUT2D eigenvalue weighted by atomic mass is 10.1. The highest BCUT2D eigenvalue weighted by Crippen LogP contribution is 2.13. The monoisotopic (exact) mass is 265 g/mol. The Labute approximate surface area is 117 Å². The molecule has 0 bridgehead atoms. The standard InChI is InChI=1S/C16H27NO2/c1-12(2)10-19-11-16(18)9-17-14(4)15-7-5-6-13(3)8-15/h5-8,12,14,16-18H,9-11H2,1-4H3. The van der Waals surface area contributed by atoms with Crippen LogP contribution in [0.15, 0.2) is 24.3 Å². The van der Waals surface area contributed by atoms with E-state index in [1.165, 1.54) is 11.1 Å². The maximum Gasteiger partial charge on any atom is 0.0897 e. The van der Waals surface area contributed by atoms with Crippen molar-refractivity contribution in [3.63, 3.8) is 0 Å². The summed E-state index contributed by atoms with van der Waals surface area (Å²) in [6.45, 7) is 10.0. The molecular formula is C16H27NO2. The van der Waals surface area contributed by atoms with E-state index in [4.69, 9.17) is 4.74 Å². The quantitative estimate of drug-likeness (QED) is 0.759. The summed E-state index contributed by atoms with van der Waals surface area (Å²) in [5.41, 5.74) is 2.50. The van der Waals surface area contributed by atoms with E-state index in [9.17, 15) is 5.11 Å². The zero-order valence-electron chi connectivity index (χ0n) is 12.5. The van der Waals surface area contributed by atoms with E-state index in [2.05, 4.69) is 57.3 Å². The summed E-state index contributed by atoms with van der Waals surface area (Å²) in [5, 5.41) is 13.2. The number of hydrogen-bond donors (Lipinski definition) is 2. The molecule has 0 amide bonds. The lowest BCUT2D eigenvalue weighted by molar-refractivity contribution is 0.0252. The van der Waals surface area contributed by atoms with Gasteiger partial charge in [0.1, 0.15) is 0 Å². The van der Waals surface area contributed by atoms with Crippen LogP contribution in [-0.2, 0) is 4.74 Å². The van der Waals surface area contributed by atoms with Crippen molar-refractivity contribution >= 4 is 0 Å². The molecule has 1 rings (SSSR count). The minimum atomic E-state index is -0.453. The van der Waals surface area contributed by atoms with Crippen LogP contribution in [0.5, 0.6) is 0 Å². The Morgan fingerprint density at radius 1 is 1.21 bits per heavy atom. The van der Waals surface area contributed by atoms with Gasteiger partial charge in [0, 0.05) is 19.2 Å². The molecule has 0 saturated heterocycles. The molecule has 0 heterocycles. The Hall–Kier alpha value is -0.900. The van der Waals surface area contributed by atoms with E-state index >= 15 is 0 Å². The third-order valence-electron chi connectivity index (χ3n) is 2.96. The van der Waals surface area contributed by atoms with Crippen molar-refractivity contribution in [3.05, 3.63) is 35.4 Å². The third kappa shape index (κ3) is 6.71. The van der Waals surface area contributed by atoms with E-state index in [0.717, 1.165) is 0 Å². The maximum atomic E-state index is 9.82. The SMILES string of the molecule is Cc1cccc(C(C)NCC(O)COCC(C)C)c1. The van der Waals surface area contributed by atoms with Gasteiger partial charge >= 0.3 is 0 Å². The smallest absolute Gasteiger partial charge is 0.0897 e. The van der Waals surface area contributed by atoms with Crippen molar-refractivity contribution in [2.24, 2.45) is 5.92 Å². The second-order valence-electron chi connectivity index (χ2n) is 5.63. The molecule has 0 aromatic heterocycles. The highest BCUT2D eigenvalue weighted by Gasteiger charge is 2.09. The first-order chi connectivity index (χ1) is 8.99. The van der Waals surface area contributed by atoms with Gasteiger partial charge < -0.3 is 15.2 Å². The van der Waals surface area contributed by atoms with E-state index < -0.39 is 6.10 Å². The molecule has 0 saturated carbocycles. The molecule has 19 heavy (non-hydrogen) atoms. The van der Waals surface area contributed by atoms with Crippen LogP contribution < -0.4 is 5.32 Å².